The van der Waals surface area contributed by atoms with Crippen LogP contribution in [-0.2, 0) is 17.5 Å². The molecule has 10 heteroatoms. The normalized spacial score (nSPS) is 17.4. The largest absolute Gasteiger partial charge is 0.497 e. The zero-order valence-electron chi connectivity index (χ0n) is 16.5. The van der Waals surface area contributed by atoms with Crippen LogP contribution >= 0.6 is 15.9 Å². The molecule has 1 aliphatic carbocycles. The van der Waals surface area contributed by atoms with E-state index < -0.39 is 11.9 Å². The minimum absolute atomic E-state index is 0.0303. The molecule has 0 radical (unpaired) electrons. The van der Waals surface area contributed by atoms with E-state index in [1.54, 1.807) is 12.0 Å². The molecular weight excluding hydrogens is 465 g/mol. The van der Waals surface area contributed by atoms with Crippen molar-refractivity contribution < 1.29 is 22.7 Å². The number of amides is 1. The third kappa shape index (κ3) is 4.28. The SMILES string of the molecule is COc1ccc(N2CCN(C(=O)Cn3nc(C(F)(F)F)c(Br)c3C3CC3)CC2)cc1. The molecule has 2 fully saturated rings. The summed E-state index contributed by atoms with van der Waals surface area (Å²) in [6, 6.07) is 7.72. The molecule has 0 unspecified atom stereocenters. The van der Waals surface area contributed by atoms with Crippen LogP contribution in [0.3, 0.4) is 0 Å². The number of piperazine rings is 1. The predicted molar refractivity (Wildman–Crippen MR) is 109 cm³/mol. The van der Waals surface area contributed by atoms with E-state index in [9.17, 15) is 18.0 Å². The first-order chi connectivity index (χ1) is 14.3. The Kier molecular flexibility index (Phi) is 5.69. The molecule has 0 spiro atoms. The first-order valence-corrected chi connectivity index (χ1v) is 10.6. The van der Waals surface area contributed by atoms with E-state index in [0.29, 0.717) is 31.9 Å². The van der Waals surface area contributed by atoms with Crippen LogP contribution in [-0.4, -0.2) is 53.9 Å². The molecule has 6 nitrogen and oxygen atoms in total. The average Bonchev–Trinajstić information content (AvgIpc) is 3.50. The maximum absolute atomic E-state index is 13.3. The molecule has 4 rings (SSSR count). The van der Waals surface area contributed by atoms with E-state index in [1.807, 2.05) is 24.3 Å². The molecule has 1 aromatic heterocycles. The zero-order chi connectivity index (χ0) is 21.5. The number of benzene rings is 1. The van der Waals surface area contributed by atoms with Crippen molar-refractivity contribution in [1.29, 1.82) is 0 Å². The molecule has 0 N–H and O–H groups in total. The predicted octanol–water partition coefficient (Wildman–Crippen LogP) is 3.90. The van der Waals surface area contributed by atoms with Crippen LogP contribution in [0.15, 0.2) is 28.7 Å². The Morgan fingerprint density at radius 2 is 1.80 bits per heavy atom. The molecule has 1 aliphatic heterocycles. The molecule has 1 saturated heterocycles. The van der Waals surface area contributed by atoms with Gasteiger partial charge in [-0.25, -0.2) is 0 Å². The van der Waals surface area contributed by atoms with Gasteiger partial charge in [0.2, 0.25) is 5.91 Å². The number of ether oxygens (including phenoxy) is 1. The second kappa shape index (κ2) is 8.13. The van der Waals surface area contributed by atoms with Crippen LogP contribution in [0.4, 0.5) is 18.9 Å². The summed E-state index contributed by atoms with van der Waals surface area (Å²) in [6.07, 6.45) is -2.92. The summed E-state index contributed by atoms with van der Waals surface area (Å²) < 4.78 is 46.1. The van der Waals surface area contributed by atoms with Gasteiger partial charge >= 0.3 is 6.18 Å². The summed E-state index contributed by atoms with van der Waals surface area (Å²) >= 11 is 3.06. The van der Waals surface area contributed by atoms with Gasteiger partial charge in [0.15, 0.2) is 5.69 Å². The first-order valence-electron chi connectivity index (χ1n) is 9.78. The number of nitrogens with zero attached hydrogens (tertiary/aromatic N) is 4. The van der Waals surface area contributed by atoms with E-state index in [2.05, 4.69) is 25.9 Å². The quantitative estimate of drug-likeness (QED) is 0.642. The fourth-order valence-electron chi connectivity index (χ4n) is 3.74. The van der Waals surface area contributed by atoms with Gasteiger partial charge in [-0.2, -0.15) is 18.3 Å². The number of hydrogen-bond acceptors (Lipinski definition) is 4. The summed E-state index contributed by atoms with van der Waals surface area (Å²) in [6.45, 7) is 2.16. The minimum Gasteiger partial charge on any atom is -0.497 e. The van der Waals surface area contributed by atoms with E-state index >= 15 is 0 Å². The Balaban J connectivity index is 1.41. The lowest BCUT2D eigenvalue weighted by Crippen LogP contribution is -2.49. The first kappa shape index (κ1) is 21.0. The van der Waals surface area contributed by atoms with Gasteiger partial charge in [0.05, 0.1) is 17.3 Å². The number of halogens is 4. The number of rotatable bonds is 5. The summed E-state index contributed by atoms with van der Waals surface area (Å²) in [5.74, 6) is 0.598. The Hall–Kier alpha value is -2.23. The smallest absolute Gasteiger partial charge is 0.436 e. The van der Waals surface area contributed by atoms with Crippen molar-refractivity contribution in [2.45, 2.75) is 31.5 Å². The van der Waals surface area contributed by atoms with Crippen molar-refractivity contribution in [2.75, 3.05) is 38.2 Å². The van der Waals surface area contributed by atoms with Gasteiger partial charge in [-0.1, -0.05) is 0 Å². The van der Waals surface area contributed by atoms with Gasteiger partial charge in [0.1, 0.15) is 12.3 Å². The van der Waals surface area contributed by atoms with Gasteiger partial charge in [0, 0.05) is 37.8 Å². The maximum Gasteiger partial charge on any atom is 0.436 e. The lowest BCUT2D eigenvalue weighted by atomic mass is 10.2. The van der Waals surface area contributed by atoms with Gasteiger partial charge in [0.25, 0.3) is 0 Å². The van der Waals surface area contributed by atoms with Gasteiger partial charge in [-0.3, -0.25) is 9.48 Å². The summed E-state index contributed by atoms with van der Waals surface area (Å²) in [5.41, 5.74) is 0.568. The van der Waals surface area contributed by atoms with Crippen molar-refractivity contribution in [3.63, 3.8) is 0 Å². The average molecular weight is 487 g/mol. The lowest BCUT2D eigenvalue weighted by Gasteiger charge is -2.36. The fourth-order valence-corrected chi connectivity index (χ4v) is 4.57. The van der Waals surface area contributed by atoms with E-state index in [1.165, 1.54) is 4.68 Å². The van der Waals surface area contributed by atoms with Crippen molar-refractivity contribution in [1.82, 2.24) is 14.7 Å². The zero-order valence-corrected chi connectivity index (χ0v) is 18.0. The van der Waals surface area contributed by atoms with Gasteiger partial charge in [-0.15, -0.1) is 0 Å². The molecule has 0 bridgehead atoms. The van der Waals surface area contributed by atoms with E-state index in [0.717, 1.165) is 24.3 Å². The molecule has 30 heavy (non-hydrogen) atoms. The maximum atomic E-state index is 13.3. The topological polar surface area (TPSA) is 50.6 Å². The van der Waals surface area contributed by atoms with Crippen molar-refractivity contribution >= 4 is 27.5 Å². The van der Waals surface area contributed by atoms with Crippen LogP contribution < -0.4 is 9.64 Å². The lowest BCUT2D eigenvalue weighted by molar-refractivity contribution is -0.142. The Morgan fingerprint density at radius 3 is 2.33 bits per heavy atom. The van der Waals surface area contributed by atoms with Crippen molar-refractivity contribution in [3.05, 3.63) is 40.1 Å². The van der Waals surface area contributed by atoms with E-state index in [-0.39, 0.29) is 22.8 Å². The molecule has 162 valence electrons. The minimum atomic E-state index is -4.55. The highest BCUT2D eigenvalue weighted by Crippen LogP contribution is 2.47. The molecule has 2 aromatic rings. The van der Waals surface area contributed by atoms with Crippen LogP contribution in [0.2, 0.25) is 0 Å². The second-order valence-electron chi connectivity index (χ2n) is 7.54. The number of methoxy groups -OCH3 is 1. The highest BCUT2D eigenvalue weighted by Gasteiger charge is 2.42. The van der Waals surface area contributed by atoms with E-state index in [4.69, 9.17) is 4.74 Å². The van der Waals surface area contributed by atoms with Crippen molar-refractivity contribution in [2.24, 2.45) is 0 Å². The molecule has 2 aliphatic rings. The molecule has 2 heterocycles. The van der Waals surface area contributed by atoms with Crippen LogP contribution in [0.1, 0.15) is 30.1 Å². The second-order valence-corrected chi connectivity index (χ2v) is 8.34. The number of anilines is 1. The standard InChI is InChI=1S/C20H22BrF3N4O2/c1-30-15-6-4-14(5-7-15)26-8-10-27(11-9-26)16(29)12-28-18(13-2-3-13)17(21)19(25-28)20(22,23)24/h4-7,13H,2-3,8-12H2,1H3. The van der Waals surface area contributed by atoms with Crippen LogP contribution in [0, 0.1) is 0 Å². The third-order valence-electron chi connectivity index (χ3n) is 5.52. The number of carbonyl (C=O) groups is 1. The molecular formula is C20H22BrF3N4O2. The van der Waals surface area contributed by atoms with Gasteiger partial charge < -0.3 is 14.5 Å². The highest BCUT2D eigenvalue weighted by molar-refractivity contribution is 9.10. The third-order valence-corrected chi connectivity index (χ3v) is 6.30. The number of aromatic nitrogens is 2. The fraction of sp³-hybridized carbons (Fsp3) is 0.500. The van der Waals surface area contributed by atoms with Crippen LogP contribution in [0.5, 0.6) is 5.75 Å². The van der Waals surface area contributed by atoms with Gasteiger partial charge in [-0.05, 0) is 53.0 Å². The monoisotopic (exact) mass is 486 g/mol. The number of alkyl halides is 3. The number of carbonyl (C=O) groups excluding carboxylic acids is 1. The summed E-state index contributed by atoms with van der Waals surface area (Å²) in [4.78, 5) is 16.7. The van der Waals surface area contributed by atoms with Crippen molar-refractivity contribution in [3.8, 4) is 5.75 Å². The van der Waals surface area contributed by atoms with Crippen LogP contribution in [0.25, 0.3) is 0 Å². The molecule has 0 atom stereocenters. The summed E-state index contributed by atoms with van der Waals surface area (Å²) in [5, 5.41) is 3.73. The highest BCUT2D eigenvalue weighted by atomic mass is 79.9. The molecule has 1 saturated carbocycles. The Bertz CT molecular complexity index is 917. The Morgan fingerprint density at radius 1 is 1.17 bits per heavy atom. The Labute approximate surface area is 180 Å². The molecule has 1 aromatic carbocycles. The summed E-state index contributed by atoms with van der Waals surface area (Å²) in [7, 11) is 1.61. The number of hydrogen-bond donors (Lipinski definition) is 0. The molecule has 1 amide bonds.